The molecule has 0 fully saturated rings. The Labute approximate surface area is 101 Å². The molecular weight excluding hydrogens is 210 g/mol. The number of aryl methyl sites for hydroxylation is 1. The summed E-state index contributed by atoms with van der Waals surface area (Å²) in [6, 6.07) is 13.6. The van der Waals surface area contributed by atoms with E-state index in [2.05, 4.69) is 58.4 Å². The second-order valence-corrected chi connectivity index (χ2v) is 4.82. The van der Waals surface area contributed by atoms with Crippen molar-refractivity contribution in [3.8, 4) is 0 Å². The smallest absolute Gasteiger partial charge is 0.125 e. The monoisotopic (exact) mass is 227 g/mol. The molecule has 2 aromatic rings. The maximum atomic E-state index is 4.60. The van der Waals surface area contributed by atoms with Gasteiger partial charge >= 0.3 is 0 Å². The predicted molar refractivity (Wildman–Crippen MR) is 69.2 cm³/mol. The summed E-state index contributed by atoms with van der Waals surface area (Å²) in [5, 5.41) is 8.08. The van der Waals surface area contributed by atoms with Crippen LogP contribution >= 0.6 is 0 Å². The third-order valence-electron chi connectivity index (χ3n) is 3.31. The molecule has 2 unspecified atom stereocenters. The molecule has 0 radical (unpaired) electrons. The van der Waals surface area contributed by atoms with Gasteiger partial charge in [0.15, 0.2) is 0 Å². The van der Waals surface area contributed by atoms with Crippen LogP contribution in [0, 0.1) is 6.92 Å². The van der Waals surface area contributed by atoms with Crippen LogP contribution in [0.2, 0.25) is 0 Å². The van der Waals surface area contributed by atoms with E-state index in [-0.39, 0.29) is 0 Å². The summed E-state index contributed by atoms with van der Waals surface area (Å²) >= 11 is 0. The van der Waals surface area contributed by atoms with Gasteiger partial charge in [0.25, 0.3) is 0 Å². The Morgan fingerprint density at radius 3 is 2.82 bits per heavy atom. The van der Waals surface area contributed by atoms with Crippen molar-refractivity contribution in [2.24, 2.45) is 0 Å². The molecular formula is C14H17N3. The molecule has 0 aliphatic carbocycles. The van der Waals surface area contributed by atoms with Gasteiger partial charge in [-0.05, 0) is 25.8 Å². The summed E-state index contributed by atoms with van der Waals surface area (Å²) in [7, 11) is 0. The predicted octanol–water partition coefficient (Wildman–Crippen LogP) is 2.99. The van der Waals surface area contributed by atoms with Gasteiger partial charge in [0.05, 0.1) is 11.7 Å². The van der Waals surface area contributed by atoms with E-state index in [0.717, 1.165) is 17.9 Å². The molecule has 0 saturated carbocycles. The van der Waals surface area contributed by atoms with Crippen LogP contribution in [0.4, 0.5) is 5.82 Å². The largest absolute Gasteiger partial charge is 0.368 e. The first kappa shape index (κ1) is 10.4. The summed E-state index contributed by atoms with van der Waals surface area (Å²) < 4.78 is 2.12. The molecule has 2 atom stereocenters. The number of hydrogen-bond donors (Lipinski definition) is 1. The minimum Gasteiger partial charge on any atom is -0.368 e. The fourth-order valence-corrected chi connectivity index (χ4v) is 2.56. The van der Waals surface area contributed by atoms with Crippen molar-refractivity contribution < 1.29 is 0 Å². The summed E-state index contributed by atoms with van der Waals surface area (Å²) in [4.78, 5) is 0. The van der Waals surface area contributed by atoms with Crippen LogP contribution in [-0.4, -0.2) is 15.8 Å². The standard InChI is InChI=1S/C14H17N3/c1-10-8-13(12-6-4-3-5-7-12)17-14(15-10)9-11(2)16-17/h3-7,9-10,13,15H,8H2,1-2H3. The highest BCUT2D eigenvalue weighted by Crippen LogP contribution is 2.32. The van der Waals surface area contributed by atoms with Gasteiger partial charge in [0.1, 0.15) is 5.82 Å². The third kappa shape index (κ3) is 1.82. The van der Waals surface area contributed by atoms with Crippen molar-refractivity contribution in [2.45, 2.75) is 32.4 Å². The lowest BCUT2D eigenvalue weighted by Gasteiger charge is -2.30. The Balaban J connectivity index is 2.06. The molecule has 1 aromatic carbocycles. The molecule has 0 saturated heterocycles. The van der Waals surface area contributed by atoms with E-state index >= 15 is 0 Å². The zero-order valence-electron chi connectivity index (χ0n) is 10.2. The number of anilines is 1. The molecule has 2 heterocycles. The highest BCUT2D eigenvalue weighted by molar-refractivity contribution is 5.42. The van der Waals surface area contributed by atoms with Crippen LogP contribution in [-0.2, 0) is 0 Å². The molecule has 17 heavy (non-hydrogen) atoms. The van der Waals surface area contributed by atoms with Crippen molar-refractivity contribution in [1.82, 2.24) is 9.78 Å². The van der Waals surface area contributed by atoms with E-state index in [0.29, 0.717) is 12.1 Å². The summed E-state index contributed by atoms with van der Waals surface area (Å²) in [5.41, 5.74) is 2.41. The number of nitrogens with one attached hydrogen (secondary N) is 1. The van der Waals surface area contributed by atoms with Gasteiger partial charge in [-0.15, -0.1) is 0 Å². The van der Waals surface area contributed by atoms with Crippen molar-refractivity contribution >= 4 is 5.82 Å². The van der Waals surface area contributed by atoms with Gasteiger partial charge < -0.3 is 5.32 Å². The van der Waals surface area contributed by atoms with Crippen LogP contribution in [0.15, 0.2) is 36.4 Å². The van der Waals surface area contributed by atoms with Gasteiger partial charge in [-0.2, -0.15) is 5.10 Å². The van der Waals surface area contributed by atoms with Crippen molar-refractivity contribution in [3.63, 3.8) is 0 Å². The Hall–Kier alpha value is -1.77. The highest BCUT2D eigenvalue weighted by atomic mass is 15.4. The SMILES string of the molecule is Cc1cc2n(n1)C(c1ccccc1)CC(C)N2. The Morgan fingerprint density at radius 1 is 1.29 bits per heavy atom. The first-order chi connectivity index (χ1) is 8.24. The quantitative estimate of drug-likeness (QED) is 0.811. The zero-order chi connectivity index (χ0) is 11.8. The summed E-state index contributed by atoms with van der Waals surface area (Å²) in [5.74, 6) is 1.13. The number of hydrogen-bond acceptors (Lipinski definition) is 2. The lowest BCUT2D eigenvalue weighted by molar-refractivity contribution is 0.438. The Kier molecular flexibility index (Phi) is 2.39. The molecule has 1 N–H and O–H groups in total. The van der Waals surface area contributed by atoms with E-state index in [1.807, 2.05) is 6.92 Å². The average molecular weight is 227 g/mol. The zero-order valence-corrected chi connectivity index (χ0v) is 10.2. The Bertz CT molecular complexity index is 516. The maximum Gasteiger partial charge on any atom is 0.125 e. The fourth-order valence-electron chi connectivity index (χ4n) is 2.56. The van der Waals surface area contributed by atoms with E-state index in [1.54, 1.807) is 0 Å². The van der Waals surface area contributed by atoms with Crippen molar-refractivity contribution in [3.05, 3.63) is 47.7 Å². The lowest BCUT2D eigenvalue weighted by atomic mass is 9.98. The lowest BCUT2D eigenvalue weighted by Crippen LogP contribution is -2.30. The molecule has 0 spiro atoms. The number of fused-ring (bicyclic) bond motifs is 1. The summed E-state index contributed by atoms with van der Waals surface area (Å²) in [6.45, 7) is 4.27. The Morgan fingerprint density at radius 2 is 2.06 bits per heavy atom. The van der Waals surface area contributed by atoms with Crippen LogP contribution < -0.4 is 5.32 Å². The topological polar surface area (TPSA) is 29.9 Å². The molecule has 3 heteroatoms. The van der Waals surface area contributed by atoms with Crippen LogP contribution in [0.5, 0.6) is 0 Å². The third-order valence-corrected chi connectivity index (χ3v) is 3.31. The van der Waals surface area contributed by atoms with Crippen molar-refractivity contribution in [1.29, 1.82) is 0 Å². The van der Waals surface area contributed by atoms with E-state index in [1.165, 1.54) is 5.56 Å². The first-order valence-corrected chi connectivity index (χ1v) is 6.11. The minimum atomic E-state index is 0.358. The number of aromatic nitrogens is 2. The molecule has 88 valence electrons. The molecule has 0 bridgehead atoms. The van der Waals surface area contributed by atoms with Gasteiger partial charge in [-0.3, -0.25) is 0 Å². The van der Waals surface area contributed by atoms with E-state index < -0.39 is 0 Å². The molecule has 0 amide bonds. The second kappa shape index (κ2) is 3.91. The molecule has 1 aliphatic rings. The number of benzene rings is 1. The normalized spacial score (nSPS) is 22.9. The molecule has 3 rings (SSSR count). The molecule has 3 nitrogen and oxygen atoms in total. The fraction of sp³-hybridized carbons (Fsp3) is 0.357. The summed E-state index contributed by atoms with van der Waals surface area (Å²) in [6.07, 6.45) is 1.08. The number of rotatable bonds is 1. The average Bonchev–Trinajstić information content (AvgIpc) is 2.69. The van der Waals surface area contributed by atoms with Crippen LogP contribution in [0.3, 0.4) is 0 Å². The second-order valence-electron chi connectivity index (χ2n) is 4.82. The van der Waals surface area contributed by atoms with Crippen molar-refractivity contribution in [2.75, 3.05) is 5.32 Å². The van der Waals surface area contributed by atoms with Gasteiger partial charge in [0.2, 0.25) is 0 Å². The maximum absolute atomic E-state index is 4.60. The molecule has 1 aromatic heterocycles. The number of nitrogens with zero attached hydrogens (tertiary/aromatic N) is 2. The van der Waals surface area contributed by atoms with E-state index in [9.17, 15) is 0 Å². The van der Waals surface area contributed by atoms with Gasteiger partial charge in [-0.25, -0.2) is 4.68 Å². The highest BCUT2D eigenvalue weighted by Gasteiger charge is 2.25. The van der Waals surface area contributed by atoms with Gasteiger partial charge in [0, 0.05) is 12.1 Å². The first-order valence-electron chi connectivity index (χ1n) is 6.11. The van der Waals surface area contributed by atoms with Gasteiger partial charge in [-0.1, -0.05) is 30.3 Å². The van der Waals surface area contributed by atoms with Crippen LogP contribution in [0.1, 0.15) is 30.6 Å². The minimum absolute atomic E-state index is 0.358. The molecule has 1 aliphatic heterocycles. The van der Waals surface area contributed by atoms with Crippen LogP contribution in [0.25, 0.3) is 0 Å². The van der Waals surface area contributed by atoms with E-state index in [4.69, 9.17) is 0 Å².